The molecular weight excluding hydrogens is 370 g/mol. The fourth-order valence-corrected chi connectivity index (χ4v) is 4.54. The number of benzene rings is 1. The highest BCUT2D eigenvalue weighted by Gasteiger charge is 2.28. The van der Waals surface area contributed by atoms with E-state index in [0.29, 0.717) is 12.4 Å². The molecule has 0 radical (unpaired) electrons. The van der Waals surface area contributed by atoms with Crippen LogP contribution in [0.4, 0.5) is 5.69 Å². The van der Waals surface area contributed by atoms with Crippen LogP contribution < -0.4 is 10.0 Å². The molecule has 0 saturated carbocycles. The van der Waals surface area contributed by atoms with Gasteiger partial charge in [0.2, 0.25) is 15.9 Å². The van der Waals surface area contributed by atoms with E-state index in [9.17, 15) is 8.42 Å². The summed E-state index contributed by atoms with van der Waals surface area (Å²) in [6, 6.07) is 9.26. The molecule has 0 bridgehead atoms. The van der Waals surface area contributed by atoms with E-state index in [1.807, 2.05) is 30.5 Å². The van der Waals surface area contributed by atoms with Crippen LogP contribution in [0.5, 0.6) is 0 Å². The van der Waals surface area contributed by atoms with Crippen LogP contribution in [0.1, 0.15) is 23.9 Å². The van der Waals surface area contributed by atoms with Crippen molar-refractivity contribution in [2.75, 3.05) is 4.90 Å². The second-order valence-corrected chi connectivity index (χ2v) is 9.02. The van der Waals surface area contributed by atoms with Gasteiger partial charge in [0.1, 0.15) is 11.5 Å². The third kappa shape index (κ3) is 3.04. The van der Waals surface area contributed by atoms with E-state index in [0.717, 1.165) is 34.0 Å². The Kier molecular flexibility index (Phi) is 4.13. The second kappa shape index (κ2) is 6.22. The molecule has 2 N–H and O–H groups in total. The lowest BCUT2D eigenvalue weighted by Gasteiger charge is -2.24. The van der Waals surface area contributed by atoms with Crippen molar-refractivity contribution in [3.8, 4) is 10.8 Å². The Morgan fingerprint density at radius 3 is 2.88 bits per heavy atom. The van der Waals surface area contributed by atoms with Crippen LogP contribution in [-0.2, 0) is 23.0 Å². The highest BCUT2D eigenvalue weighted by Crippen LogP contribution is 2.35. The minimum Gasteiger partial charge on any atom is -0.440 e. The maximum absolute atomic E-state index is 11.6. The first kappa shape index (κ1) is 17.3. The van der Waals surface area contributed by atoms with Gasteiger partial charge in [0.05, 0.1) is 16.3 Å². The number of nitrogens with two attached hydrogens (primary N) is 1. The minimum absolute atomic E-state index is 0.155. The van der Waals surface area contributed by atoms with Gasteiger partial charge in [-0.3, -0.25) is 0 Å². The molecule has 4 rings (SSSR count). The fraction of sp³-hybridized carbons (Fsp3) is 0.278. The summed E-state index contributed by atoms with van der Waals surface area (Å²) in [5.41, 5.74) is 2.90. The first-order chi connectivity index (χ1) is 12.3. The molecule has 3 heterocycles. The monoisotopic (exact) mass is 389 g/mol. The van der Waals surface area contributed by atoms with Gasteiger partial charge in [0.25, 0.3) is 0 Å². The molecular formula is C18H19N3O3S2. The summed E-state index contributed by atoms with van der Waals surface area (Å²) < 4.78 is 29.0. The minimum atomic E-state index is -3.69. The van der Waals surface area contributed by atoms with Gasteiger partial charge in [-0.1, -0.05) is 6.07 Å². The lowest BCUT2D eigenvalue weighted by Crippen LogP contribution is -2.29. The normalized spacial score (nSPS) is 16.9. The van der Waals surface area contributed by atoms with Gasteiger partial charge in [0.15, 0.2) is 0 Å². The average Bonchev–Trinajstić information content (AvgIpc) is 3.27. The topological polar surface area (TPSA) is 89.4 Å². The molecule has 0 amide bonds. The molecule has 0 fully saturated rings. The molecule has 0 aliphatic carbocycles. The van der Waals surface area contributed by atoms with Crippen LogP contribution in [0.2, 0.25) is 0 Å². The number of hydrogen-bond acceptors (Lipinski definition) is 6. The van der Waals surface area contributed by atoms with Crippen molar-refractivity contribution in [1.29, 1.82) is 0 Å². The van der Waals surface area contributed by atoms with Crippen LogP contribution in [0, 0.1) is 6.92 Å². The number of nitrogens with zero attached hydrogens (tertiary/aromatic N) is 2. The Labute approximate surface area is 156 Å². The Morgan fingerprint density at radius 1 is 1.38 bits per heavy atom. The van der Waals surface area contributed by atoms with E-state index < -0.39 is 10.0 Å². The van der Waals surface area contributed by atoms with Gasteiger partial charge in [-0.15, -0.1) is 11.3 Å². The summed E-state index contributed by atoms with van der Waals surface area (Å²) in [5.74, 6) is 1.44. The van der Waals surface area contributed by atoms with Crippen molar-refractivity contribution >= 4 is 27.0 Å². The van der Waals surface area contributed by atoms with Crippen LogP contribution in [-0.4, -0.2) is 19.4 Å². The molecule has 1 atom stereocenters. The van der Waals surface area contributed by atoms with Gasteiger partial charge in [-0.2, -0.15) is 0 Å². The molecule has 1 aliphatic rings. The number of anilines is 1. The number of fused-ring (bicyclic) bond motifs is 1. The zero-order valence-electron chi connectivity index (χ0n) is 14.5. The lowest BCUT2D eigenvalue weighted by molar-refractivity contribution is 0.539. The quantitative estimate of drug-likeness (QED) is 0.739. The molecule has 0 unspecified atom stereocenters. The summed E-state index contributed by atoms with van der Waals surface area (Å²) in [4.78, 5) is 8.06. The van der Waals surface area contributed by atoms with E-state index in [4.69, 9.17) is 9.56 Å². The Hall–Kier alpha value is -2.16. The SMILES string of the molecule is Cc1oc(-c2cccs2)nc1CN1c2ccc(S(N)(=O)=O)cc2C[C@@H]1C. The van der Waals surface area contributed by atoms with Crippen molar-refractivity contribution < 1.29 is 12.8 Å². The van der Waals surface area contributed by atoms with Crippen LogP contribution in [0.15, 0.2) is 45.0 Å². The average molecular weight is 390 g/mol. The van der Waals surface area contributed by atoms with Crippen molar-refractivity contribution in [1.82, 2.24) is 4.98 Å². The van der Waals surface area contributed by atoms with Crippen molar-refractivity contribution in [2.24, 2.45) is 5.14 Å². The van der Waals surface area contributed by atoms with Gasteiger partial charge in [-0.25, -0.2) is 18.5 Å². The zero-order chi connectivity index (χ0) is 18.5. The highest BCUT2D eigenvalue weighted by atomic mass is 32.2. The fourth-order valence-electron chi connectivity index (χ4n) is 3.33. The zero-order valence-corrected chi connectivity index (χ0v) is 16.1. The standard InChI is InChI=1S/C18H19N3O3S2/c1-11-8-13-9-14(26(19,22)23)5-6-16(13)21(11)10-15-12(2)24-18(20-15)17-4-3-7-25-17/h3-7,9,11H,8,10H2,1-2H3,(H2,19,22,23)/t11-/m0/s1. The Morgan fingerprint density at radius 2 is 2.19 bits per heavy atom. The van der Waals surface area contributed by atoms with Crippen LogP contribution >= 0.6 is 11.3 Å². The lowest BCUT2D eigenvalue weighted by atomic mass is 10.1. The molecule has 0 saturated heterocycles. The summed E-state index contributed by atoms with van der Waals surface area (Å²) in [6.45, 7) is 4.65. The molecule has 2 aromatic heterocycles. The van der Waals surface area contributed by atoms with Gasteiger partial charge >= 0.3 is 0 Å². The van der Waals surface area contributed by atoms with Crippen LogP contribution in [0.3, 0.4) is 0 Å². The van der Waals surface area contributed by atoms with Crippen LogP contribution in [0.25, 0.3) is 10.8 Å². The number of primary sulfonamides is 1. The highest BCUT2D eigenvalue weighted by molar-refractivity contribution is 7.89. The predicted molar refractivity (Wildman–Crippen MR) is 102 cm³/mol. The third-order valence-corrected chi connectivity index (χ3v) is 6.45. The Balaban J connectivity index is 1.64. The molecule has 1 aliphatic heterocycles. The molecule has 0 spiro atoms. The number of thiophene rings is 1. The molecule has 6 nitrogen and oxygen atoms in total. The molecule has 136 valence electrons. The van der Waals surface area contributed by atoms with Crippen molar-refractivity contribution in [2.45, 2.75) is 37.8 Å². The number of sulfonamides is 1. The predicted octanol–water partition coefficient (Wildman–Crippen LogP) is 3.31. The van der Waals surface area contributed by atoms with E-state index in [1.165, 1.54) is 0 Å². The number of hydrogen-bond donors (Lipinski definition) is 1. The van der Waals surface area contributed by atoms with Gasteiger partial charge in [0, 0.05) is 11.7 Å². The first-order valence-corrected chi connectivity index (χ1v) is 10.7. The van der Waals surface area contributed by atoms with E-state index >= 15 is 0 Å². The molecule has 26 heavy (non-hydrogen) atoms. The number of rotatable bonds is 4. The number of aryl methyl sites for hydroxylation is 1. The van der Waals surface area contributed by atoms with Crippen molar-refractivity contribution in [3.05, 3.63) is 52.7 Å². The summed E-state index contributed by atoms with van der Waals surface area (Å²) >= 11 is 1.60. The van der Waals surface area contributed by atoms with Gasteiger partial charge in [-0.05, 0) is 55.5 Å². The number of oxazole rings is 1. The van der Waals surface area contributed by atoms with Crippen molar-refractivity contribution in [3.63, 3.8) is 0 Å². The summed E-state index contributed by atoms with van der Waals surface area (Å²) in [7, 11) is -3.69. The summed E-state index contributed by atoms with van der Waals surface area (Å²) in [6.07, 6.45) is 0.771. The van der Waals surface area contributed by atoms with E-state index in [-0.39, 0.29) is 10.9 Å². The smallest absolute Gasteiger partial charge is 0.238 e. The van der Waals surface area contributed by atoms with E-state index in [1.54, 1.807) is 23.5 Å². The van der Waals surface area contributed by atoms with E-state index in [2.05, 4.69) is 16.8 Å². The largest absolute Gasteiger partial charge is 0.440 e. The summed E-state index contributed by atoms with van der Waals surface area (Å²) in [5, 5.41) is 7.25. The number of aromatic nitrogens is 1. The molecule has 8 heteroatoms. The third-order valence-electron chi connectivity index (χ3n) is 4.68. The first-order valence-electron chi connectivity index (χ1n) is 8.25. The molecule has 1 aromatic carbocycles. The Bertz CT molecular complexity index is 1060. The molecule has 3 aromatic rings. The maximum atomic E-state index is 11.6. The second-order valence-electron chi connectivity index (χ2n) is 6.52. The van der Waals surface area contributed by atoms with Gasteiger partial charge < -0.3 is 9.32 Å². The maximum Gasteiger partial charge on any atom is 0.238 e.